The summed E-state index contributed by atoms with van der Waals surface area (Å²) in [6, 6.07) is 18.0. The van der Waals surface area contributed by atoms with Crippen molar-refractivity contribution in [2.75, 3.05) is 69.0 Å². The maximum atomic E-state index is 5.48. The molecular formula is C27H34N6OS. The van der Waals surface area contributed by atoms with Crippen LogP contribution in [0, 0.1) is 0 Å². The Hall–Kier alpha value is -2.75. The van der Waals surface area contributed by atoms with E-state index in [4.69, 9.17) is 4.74 Å². The largest absolute Gasteiger partial charge is 0.379 e. The van der Waals surface area contributed by atoms with Gasteiger partial charge < -0.3 is 26.0 Å². The molecule has 0 spiro atoms. The molecule has 4 N–H and O–H groups in total. The Morgan fingerprint density at radius 2 is 1.74 bits per heavy atom. The van der Waals surface area contributed by atoms with E-state index in [9.17, 15) is 0 Å². The zero-order valence-electron chi connectivity index (χ0n) is 20.2. The highest BCUT2D eigenvalue weighted by atomic mass is 32.1. The minimum absolute atomic E-state index is 0. The number of benzene rings is 2. The van der Waals surface area contributed by atoms with Crippen LogP contribution in [0.25, 0.3) is 11.1 Å². The third kappa shape index (κ3) is 5.12. The fourth-order valence-electron chi connectivity index (χ4n) is 5.02. The summed E-state index contributed by atoms with van der Waals surface area (Å²) in [7, 11) is 0. The molecule has 2 saturated heterocycles. The molecule has 0 radical (unpaired) electrons. The summed E-state index contributed by atoms with van der Waals surface area (Å²) in [5.74, 6) is 0. The Morgan fingerprint density at radius 1 is 0.943 bits per heavy atom. The van der Waals surface area contributed by atoms with Crippen molar-refractivity contribution in [3.8, 4) is 11.1 Å². The molecule has 35 heavy (non-hydrogen) atoms. The first kappa shape index (κ1) is 24.0. The van der Waals surface area contributed by atoms with Crippen LogP contribution in [0.3, 0.4) is 0 Å². The minimum atomic E-state index is 0. The van der Waals surface area contributed by atoms with E-state index in [1.807, 2.05) is 6.21 Å². The van der Waals surface area contributed by atoms with Crippen molar-refractivity contribution in [1.82, 2.24) is 16.4 Å². The number of nitrogens with zero attached hydrogens (tertiary/aromatic N) is 4. The molecule has 6 rings (SSSR count). The van der Waals surface area contributed by atoms with E-state index in [1.165, 1.54) is 38.6 Å². The summed E-state index contributed by atoms with van der Waals surface area (Å²) >= 11 is 1.78. The summed E-state index contributed by atoms with van der Waals surface area (Å²) in [5.41, 5.74) is 7.70. The van der Waals surface area contributed by atoms with E-state index < -0.39 is 0 Å². The molecule has 0 unspecified atom stereocenters. The summed E-state index contributed by atoms with van der Waals surface area (Å²) in [6.07, 6.45) is 2.03. The first-order valence-electron chi connectivity index (χ1n) is 12.2. The highest BCUT2D eigenvalue weighted by molar-refractivity contribution is 7.13. The topological polar surface area (TPSA) is 78.3 Å². The molecule has 184 valence electrons. The van der Waals surface area contributed by atoms with Crippen LogP contribution in [-0.4, -0.2) is 70.3 Å². The Labute approximate surface area is 211 Å². The fourth-order valence-corrected chi connectivity index (χ4v) is 5.98. The van der Waals surface area contributed by atoms with E-state index in [2.05, 4.69) is 78.9 Å². The van der Waals surface area contributed by atoms with Gasteiger partial charge in [0.15, 0.2) is 0 Å². The van der Waals surface area contributed by atoms with Crippen molar-refractivity contribution in [3.63, 3.8) is 0 Å². The molecule has 2 fully saturated rings. The number of ether oxygens (including phenoxy) is 1. The molecular weight excluding hydrogens is 456 g/mol. The number of anilines is 3. The zero-order chi connectivity index (χ0) is 22.7. The van der Waals surface area contributed by atoms with Crippen LogP contribution in [0.4, 0.5) is 17.1 Å². The summed E-state index contributed by atoms with van der Waals surface area (Å²) in [5, 5.41) is 5.74. The van der Waals surface area contributed by atoms with Crippen molar-refractivity contribution in [2.24, 2.45) is 4.99 Å². The van der Waals surface area contributed by atoms with Gasteiger partial charge in [-0.25, -0.2) is 0 Å². The average molecular weight is 491 g/mol. The van der Waals surface area contributed by atoms with Crippen LogP contribution < -0.4 is 21.3 Å². The molecule has 0 atom stereocenters. The molecule has 0 aliphatic carbocycles. The van der Waals surface area contributed by atoms with Crippen LogP contribution in [-0.2, 0) is 11.3 Å². The summed E-state index contributed by atoms with van der Waals surface area (Å²) in [4.78, 5) is 13.2. The number of piperazine rings is 1. The van der Waals surface area contributed by atoms with Crippen molar-refractivity contribution in [2.45, 2.75) is 6.54 Å². The van der Waals surface area contributed by atoms with Crippen molar-refractivity contribution >= 4 is 34.6 Å². The standard InChI is InChI=1S/C27H31N5OS.H3N/c1-2-22(16-24(3-1)31-10-8-28-9-11-31)25-19-34-26-17-29-20-32(27(25)26)23-6-4-21(5-7-23)18-30-12-14-33-15-13-30;/h1-7,16-17,19,28H,8-15,18,20H2;1H3. The lowest BCUT2D eigenvalue weighted by Gasteiger charge is -2.30. The van der Waals surface area contributed by atoms with Gasteiger partial charge in [0.25, 0.3) is 0 Å². The number of hydrogen-bond donors (Lipinski definition) is 2. The van der Waals surface area contributed by atoms with Crippen LogP contribution in [0.1, 0.15) is 10.4 Å². The SMILES string of the molecule is C1=NCN(c2ccc(CN3CCOCC3)cc2)c2c(-c3cccc(N4CCNCC4)c3)csc21.N. The van der Waals surface area contributed by atoms with Gasteiger partial charge in [-0.2, -0.15) is 0 Å². The number of aliphatic imine (C=N–C) groups is 1. The number of nitrogens with one attached hydrogen (secondary N) is 1. The Kier molecular flexibility index (Phi) is 7.46. The van der Waals surface area contributed by atoms with Gasteiger partial charge in [-0.05, 0) is 35.4 Å². The molecule has 3 aliphatic rings. The summed E-state index contributed by atoms with van der Waals surface area (Å²) in [6.45, 7) is 9.53. The lowest BCUT2D eigenvalue weighted by molar-refractivity contribution is 0.0342. The van der Waals surface area contributed by atoms with Gasteiger partial charge in [-0.1, -0.05) is 24.3 Å². The van der Waals surface area contributed by atoms with Crippen molar-refractivity contribution < 1.29 is 4.74 Å². The molecule has 1 aromatic heterocycles. The lowest BCUT2D eigenvalue weighted by Crippen LogP contribution is -2.43. The van der Waals surface area contributed by atoms with Gasteiger partial charge in [0.2, 0.25) is 0 Å². The maximum Gasteiger partial charge on any atom is 0.115 e. The number of thiophene rings is 1. The highest BCUT2D eigenvalue weighted by Crippen LogP contribution is 2.43. The number of rotatable bonds is 5. The number of fused-ring (bicyclic) bond motifs is 1. The van der Waals surface area contributed by atoms with Crippen LogP contribution in [0.2, 0.25) is 0 Å². The quantitative estimate of drug-likeness (QED) is 0.554. The third-order valence-electron chi connectivity index (χ3n) is 6.89. The predicted octanol–water partition coefficient (Wildman–Crippen LogP) is 4.35. The van der Waals surface area contributed by atoms with Gasteiger partial charge >= 0.3 is 0 Å². The van der Waals surface area contributed by atoms with Crippen molar-refractivity contribution in [1.29, 1.82) is 0 Å². The molecule has 0 bridgehead atoms. The Morgan fingerprint density at radius 3 is 2.54 bits per heavy atom. The van der Waals surface area contributed by atoms with Crippen LogP contribution in [0.5, 0.6) is 0 Å². The average Bonchev–Trinajstić information content (AvgIpc) is 3.35. The third-order valence-corrected chi connectivity index (χ3v) is 7.80. The predicted molar refractivity (Wildman–Crippen MR) is 147 cm³/mol. The normalized spacial score (nSPS) is 18.3. The van der Waals surface area contributed by atoms with Gasteiger partial charge in [0.05, 0.1) is 23.8 Å². The zero-order valence-corrected chi connectivity index (χ0v) is 21.0. The van der Waals surface area contributed by atoms with Gasteiger partial charge in [0.1, 0.15) is 6.67 Å². The van der Waals surface area contributed by atoms with Crippen LogP contribution >= 0.6 is 11.3 Å². The minimum Gasteiger partial charge on any atom is -0.379 e. The van der Waals surface area contributed by atoms with Gasteiger partial charge in [-0.3, -0.25) is 9.89 Å². The highest BCUT2D eigenvalue weighted by Gasteiger charge is 2.23. The molecule has 2 aromatic carbocycles. The molecule has 7 nitrogen and oxygen atoms in total. The van der Waals surface area contributed by atoms with E-state index in [0.29, 0.717) is 6.67 Å². The molecule has 8 heteroatoms. The molecule has 3 aromatic rings. The first-order chi connectivity index (χ1) is 16.8. The van der Waals surface area contributed by atoms with E-state index in [0.717, 1.165) is 59.0 Å². The Balaban J connectivity index is 0.00000253. The second-order valence-corrected chi connectivity index (χ2v) is 10.00. The second kappa shape index (κ2) is 10.9. The van der Waals surface area contributed by atoms with E-state index in [1.54, 1.807) is 11.3 Å². The molecule has 0 saturated carbocycles. The second-order valence-electron chi connectivity index (χ2n) is 9.09. The number of morpholine rings is 1. The maximum absolute atomic E-state index is 5.48. The van der Waals surface area contributed by atoms with Crippen molar-refractivity contribution in [3.05, 3.63) is 64.4 Å². The van der Waals surface area contributed by atoms with Gasteiger partial charge in [0, 0.05) is 74.3 Å². The van der Waals surface area contributed by atoms with Crippen LogP contribution in [0.15, 0.2) is 58.9 Å². The van der Waals surface area contributed by atoms with E-state index in [-0.39, 0.29) is 6.15 Å². The number of hydrogen-bond acceptors (Lipinski definition) is 8. The van der Waals surface area contributed by atoms with E-state index >= 15 is 0 Å². The molecule has 0 amide bonds. The molecule has 4 heterocycles. The lowest BCUT2D eigenvalue weighted by atomic mass is 10.0. The Bertz CT molecular complexity index is 1150. The van der Waals surface area contributed by atoms with Gasteiger partial charge in [-0.15, -0.1) is 11.3 Å². The monoisotopic (exact) mass is 490 g/mol. The smallest absolute Gasteiger partial charge is 0.115 e. The summed E-state index contributed by atoms with van der Waals surface area (Å²) < 4.78 is 5.48. The fraction of sp³-hybridized carbons (Fsp3) is 0.370. The first-order valence-corrected chi connectivity index (χ1v) is 13.1. The molecule has 3 aliphatic heterocycles.